The SMILES string of the molecule is CCC(CC)N(CC(=O)c1c[nH]c(C(=O)N2CCCC2)c1)c1ccc(C)c(C)c1. The van der Waals surface area contributed by atoms with Crippen molar-refractivity contribution in [2.24, 2.45) is 0 Å². The number of carbonyl (C=O) groups is 2. The van der Waals surface area contributed by atoms with E-state index in [1.807, 2.05) is 4.90 Å². The monoisotopic (exact) mass is 395 g/mol. The average Bonchev–Trinajstić information content (AvgIpc) is 3.42. The van der Waals surface area contributed by atoms with E-state index in [-0.39, 0.29) is 11.7 Å². The van der Waals surface area contributed by atoms with E-state index in [4.69, 9.17) is 0 Å². The molecular weight excluding hydrogens is 362 g/mol. The van der Waals surface area contributed by atoms with Crippen LogP contribution in [0.2, 0.25) is 0 Å². The van der Waals surface area contributed by atoms with E-state index in [9.17, 15) is 9.59 Å². The number of likely N-dealkylation sites (tertiary alicyclic amines) is 1. The summed E-state index contributed by atoms with van der Waals surface area (Å²) in [6, 6.07) is 8.40. The highest BCUT2D eigenvalue weighted by atomic mass is 16.2. The van der Waals surface area contributed by atoms with Crippen LogP contribution in [0.1, 0.15) is 71.5 Å². The zero-order chi connectivity index (χ0) is 21.0. The number of nitrogens with one attached hydrogen (secondary N) is 1. The van der Waals surface area contributed by atoms with Gasteiger partial charge < -0.3 is 14.8 Å². The van der Waals surface area contributed by atoms with Crippen LogP contribution >= 0.6 is 0 Å². The molecule has 0 bridgehead atoms. The molecule has 0 aliphatic carbocycles. The zero-order valence-electron chi connectivity index (χ0n) is 18.1. The second kappa shape index (κ2) is 9.29. The molecule has 2 heterocycles. The molecule has 0 unspecified atom stereocenters. The molecule has 0 saturated carbocycles. The normalized spacial score (nSPS) is 13.9. The molecular formula is C24H33N3O2. The van der Waals surface area contributed by atoms with E-state index in [0.29, 0.717) is 23.8 Å². The third-order valence-electron chi connectivity index (χ3n) is 6.15. The van der Waals surface area contributed by atoms with Gasteiger partial charge in [-0.25, -0.2) is 0 Å². The second-order valence-electron chi connectivity index (χ2n) is 8.09. The fraction of sp³-hybridized carbons (Fsp3) is 0.500. The molecule has 5 heteroatoms. The Morgan fingerprint density at radius 1 is 1.07 bits per heavy atom. The fourth-order valence-electron chi connectivity index (χ4n) is 4.08. The molecule has 0 radical (unpaired) electrons. The number of benzene rings is 1. The number of hydrogen-bond donors (Lipinski definition) is 1. The van der Waals surface area contributed by atoms with Crippen LogP contribution in [0.4, 0.5) is 5.69 Å². The van der Waals surface area contributed by atoms with Crippen molar-refractivity contribution in [2.45, 2.75) is 59.4 Å². The molecule has 29 heavy (non-hydrogen) atoms. The molecule has 156 valence electrons. The zero-order valence-corrected chi connectivity index (χ0v) is 18.1. The van der Waals surface area contributed by atoms with Crippen LogP contribution in [-0.2, 0) is 0 Å². The van der Waals surface area contributed by atoms with Crippen molar-refractivity contribution in [1.29, 1.82) is 0 Å². The van der Waals surface area contributed by atoms with Crippen molar-refractivity contribution < 1.29 is 9.59 Å². The molecule has 0 spiro atoms. The first-order chi connectivity index (χ1) is 13.9. The molecule has 0 atom stereocenters. The van der Waals surface area contributed by atoms with Crippen LogP contribution in [0.5, 0.6) is 0 Å². The van der Waals surface area contributed by atoms with Gasteiger partial charge in [-0.1, -0.05) is 19.9 Å². The van der Waals surface area contributed by atoms with Crippen LogP contribution < -0.4 is 4.90 Å². The number of rotatable bonds is 8. The molecule has 1 N–H and O–H groups in total. The van der Waals surface area contributed by atoms with Crippen molar-refractivity contribution in [1.82, 2.24) is 9.88 Å². The molecule has 1 saturated heterocycles. The minimum Gasteiger partial charge on any atom is -0.361 e. The Labute approximate surface area is 174 Å². The third kappa shape index (κ3) is 4.72. The van der Waals surface area contributed by atoms with Gasteiger partial charge in [-0.3, -0.25) is 9.59 Å². The lowest BCUT2D eigenvalue weighted by atomic mass is 10.0. The molecule has 5 nitrogen and oxygen atoms in total. The summed E-state index contributed by atoms with van der Waals surface area (Å²) in [5.74, 6) is 0.0272. The lowest BCUT2D eigenvalue weighted by Gasteiger charge is -2.32. The smallest absolute Gasteiger partial charge is 0.270 e. The summed E-state index contributed by atoms with van der Waals surface area (Å²) in [5.41, 5.74) is 4.65. The molecule has 1 aliphatic rings. The Balaban J connectivity index is 1.79. The summed E-state index contributed by atoms with van der Waals surface area (Å²) in [6.45, 7) is 10.4. The minimum absolute atomic E-state index is 0.00689. The molecule has 1 aromatic heterocycles. The van der Waals surface area contributed by atoms with E-state index >= 15 is 0 Å². The van der Waals surface area contributed by atoms with Crippen molar-refractivity contribution in [3.8, 4) is 0 Å². The lowest BCUT2D eigenvalue weighted by Crippen LogP contribution is -2.38. The van der Waals surface area contributed by atoms with Gasteiger partial charge in [0.2, 0.25) is 0 Å². The maximum atomic E-state index is 13.1. The van der Waals surface area contributed by atoms with Gasteiger partial charge in [0.15, 0.2) is 5.78 Å². The fourth-order valence-corrected chi connectivity index (χ4v) is 4.08. The quantitative estimate of drug-likeness (QED) is 0.657. The molecule has 1 fully saturated rings. The first-order valence-corrected chi connectivity index (χ1v) is 10.8. The van der Waals surface area contributed by atoms with E-state index in [2.05, 4.69) is 55.8 Å². The van der Waals surface area contributed by atoms with Crippen LogP contribution in [0, 0.1) is 13.8 Å². The Kier molecular flexibility index (Phi) is 6.78. The number of amides is 1. The Hall–Kier alpha value is -2.56. The number of aromatic nitrogens is 1. The van der Waals surface area contributed by atoms with Gasteiger partial charge in [0, 0.05) is 36.6 Å². The summed E-state index contributed by atoms with van der Waals surface area (Å²) in [4.78, 5) is 32.7. The number of Topliss-reactive ketones (excluding diaryl/α,β-unsaturated/α-hetero) is 1. The topological polar surface area (TPSA) is 56.4 Å². The number of hydrogen-bond acceptors (Lipinski definition) is 3. The van der Waals surface area contributed by atoms with Crippen molar-refractivity contribution in [2.75, 3.05) is 24.5 Å². The minimum atomic E-state index is -0.00689. The van der Waals surface area contributed by atoms with Crippen molar-refractivity contribution in [3.05, 3.63) is 52.8 Å². The predicted molar refractivity (Wildman–Crippen MR) is 118 cm³/mol. The van der Waals surface area contributed by atoms with Crippen molar-refractivity contribution in [3.63, 3.8) is 0 Å². The van der Waals surface area contributed by atoms with Crippen LogP contribution in [0.25, 0.3) is 0 Å². The van der Waals surface area contributed by atoms with Crippen LogP contribution in [0.3, 0.4) is 0 Å². The van der Waals surface area contributed by atoms with E-state index in [1.165, 1.54) is 11.1 Å². The number of nitrogens with zero attached hydrogens (tertiary/aromatic N) is 2. The van der Waals surface area contributed by atoms with Gasteiger partial charge in [-0.15, -0.1) is 0 Å². The van der Waals surface area contributed by atoms with Gasteiger partial charge in [-0.05, 0) is 68.9 Å². The highest BCUT2D eigenvalue weighted by Gasteiger charge is 2.24. The van der Waals surface area contributed by atoms with Crippen molar-refractivity contribution >= 4 is 17.4 Å². The van der Waals surface area contributed by atoms with Gasteiger partial charge in [0.25, 0.3) is 5.91 Å². The number of aromatic amines is 1. The molecule has 1 aliphatic heterocycles. The van der Waals surface area contributed by atoms with Crippen LogP contribution in [0.15, 0.2) is 30.5 Å². The maximum absolute atomic E-state index is 13.1. The number of anilines is 1. The number of aryl methyl sites for hydroxylation is 2. The lowest BCUT2D eigenvalue weighted by molar-refractivity contribution is 0.0787. The largest absolute Gasteiger partial charge is 0.361 e. The maximum Gasteiger partial charge on any atom is 0.270 e. The second-order valence-corrected chi connectivity index (χ2v) is 8.09. The Morgan fingerprint density at radius 2 is 1.76 bits per heavy atom. The summed E-state index contributed by atoms with van der Waals surface area (Å²) >= 11 is 0. The summed E-state index contributed by atoms with van der Waals surface area (Å²) in [5, 5.41) is 0. The summed E-state index contributed by atoms with van der Waals surface area (Å²) < 4.78 is 0. The third-order valence-corrected chi connectivity index (χ3v) is 6.15. The number of carbonyl (C=O) groups excluding carboxylic acids is 2. The van der Waals surface area contributed by atoms with E-state index < -0.39 is 0 Å². The Bertz CT molecular complexity index is 861. The van der Waals surface area contributed by atoms with Gasteiger partial charge >= 0.3 is 0 Å². The predicted octanol–water partition coefficient (Wildman–Crippen LogP) is 4.75. The Morgan fingerprint density at radius 3 is 2.38 bits per heavy atom. The van der Waals surface area contributed by atoms with E-state index in [1.54, 1.807) is 12.3 Å². The highest BCUT2D eigenvalue weighted by molar-refractivity contribution is 6.02. The van der Waals surface area contributed by atoms with Gasteiger partial charge in [-0.2, -0.15) is 0 Å². The molecule has 3 rings (SSSR count). The molecule has 1 aromatic carbocycles. The first kappa shape index (κ1) is 21.2. The van der Waals surface area contributed by atoms with Gasteiger partial charge in [0.1, 0.15) is 5.69 Å². The van der Waals surface area contributed by atoms with Crippen LogP contribution in [-0.4, -0.2) is 47.3 Å². The highest BCUT2D eigenvalue weighted by Crippen LogP contribution is 2.24. The average molecular weight is 396 g/mol. The van der Waals surface area contributed by atoms with E-state index in [0.717, 1.165) is 44.5 Å². The number of ketones is 1. The summed E-state index contributed by atoms with van der Waals surface area (Å²) in [6.07, 6.45) is 5.74. The standard InChI is InChI=1S/C24H33N3O2/c1-5-20(6-2)27(21-10-9-17(3)18(4)13-21)16-23(28)19-14-22(25-15-19)24(29)26-11-7-8-12-26/h9-10,13-15,20,25H,5-8,11-12,16H2,1-4H3. The molecule has 1 amide bonds. The molecule has 2 aromatic rings. The first-order valence-electron chi connectivity index (χ1n) is 10.8. The van der Waals surface area contributed by atoms with Gasteiger partial charge in [0.05, 0.1) is 6.54 Å². The number of H-pyrrole nitrogens is 1. The summed E-state index contributed by atoms with van der Waals surface area (Å²) in [7, 11) is 0.